The Hall–Kier alpha value is -1.53. The van der Waals surface area contributed by atoms with Crippen molar-refractivity contribution in [1.82, 2.24) is 0 Å². The molecular weight excluding hydrogens is 248 g/mol. The van der Waals surface area contributed by atoms with Crippen LogP contribution < -0.4 is 5.32 Å². The van der Waals surface area contributed by atoms with E-state index < -0.39 is 5.60 Å². The normalized spacial score (nSPS) is 33.0. The van der Waals surface area contributed by atoms with Crippen molar-refractivity contribution < 1.29 is 5.11 Å². The predicted octanol–water partition coefficient (Wildman–Crippen LogP) is 3.44. The van der Waals surface area contributed by atoms with Gasteiger partial charge in [-0.2, -0.15) is 5.26 Å². The van der Waals surface area contributed by atoms with Crippen LogP contribution >= 0.6 is 0 Å². The molecule has 1 aromatic carbocycles. The van der Waals surface area contributed by atoms with Crippen molar-refractivity contribution in [3.05, 3.63) is 29.8 Å². The summed E-state index contributed by atoms with van der Waals surface area (Å²) in [6, 6.07) is 9.81. The van der Waals surface area contributed by atoms with Gasteiger partial charge in [-0.25, -0.2) is 0 Å². The van der Waals surface area contributed by atoms with E-state index in [0.29, 0.717) is 11.5 Å². The van der Waals surface area contributed by atoms with Gasteiger partial charge in [-0.05, 0) is 55.9 Å². The Labute approximate surface area is 120 Å². The topological polar surface area (TPSA) is 56.0 Å². The van der Waals surface area contributed by atoms with Crippen LogP contribution in [0.25, 0.3) is 0 Å². The third kappa shape index (κ3) is 2.41. The summed E-state index contributed by atoms with van der Waals surface area (Å²) in [6.07, 6.45) is 7.89. The van der Waals surface area contributed by atoms with Crippen LogP contribution in [0.2, 0.25) is 0 Å². The molecule has 2 aliphatic rings. The highest BCUT2D eigenvalue weighted by atomic mass is 16.3. The van der Waals surface area contributed by atoms with E-state index in [1.807, 2.05) is 24.3 Å². The fourth-order valence-corrected chi connectivity index (χ4v) is 3.96. The summed E-state index contributed by atoms with van der Waals surface area (Å²) in [6.45, 7) is 0. The van der Waals surface area contributed by atoms with Crippen LogP contribution in [0, 0.1) is 17.2 Å². The first kappa shape index (κ1) is 13.5. The first-order chi connectivity index (χ1) is 9.72. The van der Waals surface area contributed by atoms with Crippen molar-refractivity contribution in [1.29, 1.82) is 5.26 Å². The smallest absolute Gasteiger partial charge is 0.0991 e. The molecule has 0 aliphatic heterocycles. The number of fused-ring (bicyclic) bond motifs is 1. The zero-order valence-electron chi connectivity index (χ0n) is 11.8. The quantitative estimate of drug-likeness (QED) is 0.865. The number of rotatable bonds is 2. The van der Waals surface area contributed by atoms with E-state index in [9.17, 15) is 5.11 Å². The first-order valence-electron chi connectivity index (χ1n) is 7.71. The molecule has 2 aliphatic carbocycles. The molecule has 0 amide bonds. The molecule has 2 unspecified atom stereocenters. The van der Waals surface area contributed by atoms with E-state index in [0.717, 1.165) is 24.9 Å². The maximum absolute atomic E-state index is 11.1. The number of nitrogens with one attached hydrogen (secondary N) is 1. The summed E-state index contributed by atoms with van der Waals surface area (Å²) in [4.78, 5) is 0. The van der Waals surface area contributed by atoms with Gasteiger partial charge in [-0.1, -0.05) is 19.3 Å². The van der Waals surface area contributed by atoms with Crippen molar-refractivity contribution in [2.24, 2.45) is 5.92 Å². The molecule has 20 heavy (non-hydrogen) atoms. The van der Waals surface area contributed by atoms with E-state index in [-0.39, 0.29) is 6.04 Å². The van der Waals surface area contributed by atoms with Gasteiger partial charge < -0.3 is 10.4 Å². The van der Waals surface area contributed by atoms with E-state index >= 15 is 0 Å². The number of anilines is 1. The van der Waals surface area contributed by atoms with Crippen LogP contribution in [0.4, 0.5) is 5.69 Å². The van der Waals surface area contributed by atoms with E-state index in [1.54, 1.807) is 0 Å². The lowest BCUT2D eigenvalue weighted by Gasteiger charge is -2.49. The summed E-state index contributed by atoms with van der Waals surface area (Å²) in [7, 11) is 0. The van der Waals surface area contributed by atoms with Gasteiger partial charge in [-0.3, -0.25) is 0 Å². The highest BCUT2D eigenvalue weighted by molar-refractivity contribution is 5.48. The summed E-state index contributed by atoms with van der Waals surface area (Å²) < 4.78 is 0. The minimum atomic E-state index is -0.537. The summed E-state index contributed by atoms with van der Waals surface area (Å²) >= 11 is 0. The third-order valence-electron chi connectivity index (χ3n) is 5.09. The second-order valence-electron chi connectivity index (χ2n) is 6.25. The second kappa shape index (κ2) is 5.46. The number of hydrogen-bond acceptors (Lipinski definition) is 3. The zero-order chi connectivity index (χ0) is 14.0. The van der Waals surface area contributed by atoms with Gasteiger partial charge in [0.1, 0.15) is 0 Å². The molecule has 3 rings (SSSR count). The molecule has 0 heterocycles. The van der Waals surface area contributed by atoms with Crippen molar-refractivity contribution in [2.75, 3.05) is 5.32 Å². The predicted molar refractivity (Wildman–Crippen MR) is 79.3 cm³/mol. The van der Waals surface area contributed by atoms with E-state index in [1.165, 1.54) is 25.7 Å². The van der Waals surface area contributed by atoms with Gasteiger partial charge in [0.2, 0.25) is 0 Å². The monoisotopic (exact) mass is 270 g/mol. The molecule has 2 saturated carbocycles. The van der Waals surface area contributed by atoms with Gasteiger partial charge in [0, 0.05) is 5.69 Å². The molecule has 0 spiro atoms. The maximum atomic E-state index is 11.1. The van der Waals surface area contributed by atoms with E-state index in [4.69, 9.17) is 5.26 Å². The number of nitriles is 1. The molecule has 3 atom stereocenters. The Morgan fingerprint density at radius 2 is 1.85 bits per heavy atom. The average Bonchev–Trinajstić information content (AvgIpc) is 2.49. The molecule has 0 radical (unpaired) electrons. The Bertz CT molecular complexity index is 503. The maximum Gasteiger partial charge on any atom is 0.0991 e. The molecule has 3 nitrogen and oxygen atoms in total. The molecule has 0 saturated heterocycles. The molecular formula is C17H22N2O. The lowest BCUT2D eigenvalue weighted by Crippen LogP contribution is -2.56. The molecule has 106 valence electrons. The molecule has 1 aromatic rings. The number of aliphatic hydroxyl groups is 1. The van der Waals surface area contributed by atoms with Crippen LogP contribution in [-0.2, 0) is 0 Å². The van der Waals surface area contributed by atoms with Crippen molar-refractivity contribution in [2.45, 2.75) is 56.6 Å². The van der Waals surface area contributed by atoms with Gasteiger partial charge in [-0.15, -0.1) is 0 Å². The Morgan fingerprint density at radius 1 is 1.10 bits per heavy atom. The zero-order valence-corrected chi connectivity index (χ0v) is 11.8. The lowest BCUT2D eigenvalue weighted by molar-refractivity contribution is -0.0835. The van der Waals surface area contributed by atoms with Crippen molar-refractivity contribution in [3.8, 4) is 6.07 Å². The minimum absolute atomic E-state index is 0.148. The second-order valence-corrected chi connectivity index (χ2v) is 6.25. The van der Waals surface area contributed by atoms with Gasteiger partial charge in [0.25, 0.3) is 0 Å². The van der Waals surface area contributed by atoms with Crippen LogP contribution in [-0.4, -0.2) is 16.7 Å². The SMILES string of the molecule is N#Cc1ccc(N[C@@H]2CCCC3CCCCC32O)cc1. The van der Waals surface area contributed by atoms with Gasteiger partial charge in [0.05, 0.1) is 23.3 Å². The van der Waals surface area contributed by atoms with E-state index in [2.05, 4.69) is 11.4 Å². The summed E-state index contributed by atoms with van der Waals surface area (Å²) in [5, 5.41) is 23.4. The highest BCUT2D eigenvalue weighted by Crippen LogP contribution is 2.44. The van der Waals surface area contributed by atoms with Crippen LogP contribution in [0.5, 0.6) is 0 Å². The van der Waals surface area contributed by atoms with Crippen molar-refractivity contribution in [3.63, 3.8) is 0 Å². The standard InChI is InChI=1S/C17H22N2O/c18-12-13-7-9-15(10-8-13)19-16-6-3-5-14-4-1-2-11-17(14,16)20/h7-10,14,16,19-20H,1-6,11H2/t14?,16-,17?/m1/s1. The number of benzene rings is 1. The molecule has 0 aromatic heterocycles. The lowest BCUT2D eigenvalue weighted by atomic mass is 9.65. The Morgan fingerprint density at radius 3 is 2.60 bits per heavy atom. The highest BCUT2D eigenvalue weighted by Gasteiger charge is 2.47. The van der Waals surface area contributed by atoms with Crippen LogP contribution in [0.15, 0.2) is 24.3 Å². The van der Waals surface area contributed by atoms with Gasteiger partial charge in [0.15, 0.2) is 0 Å². The number of nitrogens with zero attached hydrogens (tertiary/aromatic N) is 1. The first-order valence-corrected chi connectivity index (χ1v) is 7.71. The summed E-state index contributed by atoms with van der Waals surface area (Å²) in [5.41, 5.74) is 1.15. The largest absolute Gasteiger partial charge is 0.387 e. The fourth-order valence-electron chi connectivity index (χ4n) is 3.96. The fraction of sp³-hybridized carbons (Fsp3) is 0.588. The summed E-state index contributed by atoms with van der Waals surface area (Å²) in [5.74, 6) is 0.459. The Balaban J connectivity index is 1.76. The minimum Gasteiger partial charge on any atom is -0.387 e. The van der Waals surface area contributed by atoms with Crippen LogP contribution in [0.3, 0.4) is 0 Å². The van der Waals surface area contributed by atoms with Gasteiger partial charge >= 0.3 is 0 Å². The Kier molecular flexibility index (Phi) is 3.67. The molecule has 2 fully saturated rings. The third-order valence-corrected chi connectivity index (χ3v) is 5.09. The number of hydrogen-bond donors (Lipinski definition) is 2. The molecule has 3 heteroatoms. The van der Waals surface area contributed by atoms with Crippen molar-refractivity contribution >= 4 is 5.69 Å². The molecule has 0 bridgehead atoms. The molecule has 2 N–H and O–H groups in total. The van der Waals surface area contributed by atoms with Crippen LogP contribution in [0.1, 0.15) is 50.5 Å². The average molecular weight is 270 g/mol.